The lowest BCUT2D eigenvalue weighted by Gasteiger charge is -2.13. The van der Waals surface area contributed by atoms with Gasteiger partial charge < -0.3 is 14.8 Å². The van der Waals surface area contributed by atoms with Crippen molar-refractivity contribution in [2.24, 2.45) is 0 Å². The molecule has 19 heavy (non-hydrogen) atoms. The molecule has 0 amide bonds. The van der Waals surface area contributed by atoms with Gasteiger partial charge in [0, 0.05) is 24.6 Å². The maximum absolute atomic E-state index is 13.1. The third-order valence-electron chi connectivity index (χ3n) is 3.09. The predicted octanol–water partition coefficient (Wildman–Crippen LogP) is 3.24. The molecule has 2 rings (SSSR count). The molecule has 1 heterocycles. The van der Waals surface area contributed by atoms with Gasteiger partial charge in [-0.1, -0.05) is 0 Å². The van der Waals surface area contributed by atoms with Crippen molar-refractivity contribution >= 4 is 0 Å². The van der Waals surface area contributed by atoms with Gasteiger partial charge in [0.05, 0.1) is 6.26 Å². The van der Waals surface area contributed by atoms with E-state index in [1.807, 2.05) is 12.1 Å². The average molecular weight is 263 g/mol. The maximum atomic E-state index is 13.1. The van der Waals surface area contributed by atoms with Gasteiger partial charge in [-0.15, -0.1) is 0 Å². The van der Waals surface area contributed by atoms with Crippen molar-refractivity contribution in [1.82, 2.24) is 5.32 Å². The summed E-state index contributed by atoms with van der Waals surface area (Å²) in [6, 6.07) is 8.05. The van der Waals surface area contributed by atoms with E-state index >= 15 is 0 Å². The highest BCUT2D eigenvalue weighted by Crippen LogP contribution is 2.17. The van der Waals surface area contributed by atoms with Gasteiger partial charge in [-0.2, -0.15) is 0 Å². The minimum atomic E-state index is -0.335. The Morgan fingerprint density at radius 1 is 1.37 bits per heavy atom. The number of nitrogens with one attached hydrogen (secondary N) is 1. The predicted molar refractivity (Wildman–Crippen MR) is 71.4 cm³/mol. The monoisotopic (exact) mass is 263 g/mol. The zero-order valence-electron chi connectivity index (χ0n) is 10.9. The molecule has 0 bridgehead atoms. The maximum Gasteiger partial charge on any atom is 0.123 e. The van der Waals surface area contributed by atoms with Gasteiger partial charge in [-0.05, 0) is 43.7 Å². The quantitative estimate of drug-likeness (QED) is 0.841. The Hall–Kier alpha value is -1.81. The molecule has 0 radical (unpaired) electrons. The molecule has 102 valence electrons. The second-order valence-electron chi connectivity index (χ2n) is 4.67. The normalized spacial score (nSPS) is 12.5. The standard InChI is InChI=1S/C15H18FNO2/c1-11(4-6-14-3-2-8-19-14)17-10-12-9-13(16)5-7-15(12)18/h2-3,5,7-9,11,17-18H,4,6,10H2,1H3. The molecule has 2 N–H and O–H groups in total. The van der Waals surface area contributed by atoms with E-state index in [2.05, 4.69) is 12.2 Å². The highest BCUT2D eigenvalue weighted by Gasteiger charge is 2.07. The molecule has 0 fully saturated rings. The lowest BCUT2D eigenvalue weighted by molar-refractivity contribution is 0.442. The molecule has 1 unspecified atom stereocenters. The number of halogens is 1. The Kier molecular flexibility index (Phi) is 4.58. The molecular weight excluding hydrogens is 245 g/mol. The third-order valence-corrected chi connectivity index (χ3v) is 3.09. The van der Waals surface area contributed by atoms with Gasteiger partial charge in [-0.3, -0.25) is 0 Å². The molecular formula is C15H18FNO2. The minimum Gasteiger partial charge on any atom is -0.508 e. The molecule has 0 saturated heterocycles. The van der Waals surface area contributed by atoms with E-state index in [0.717, 1.165) is 18.6 Å². The first-order valence-electron chi connectivity index (χ1n) is 6.38. The summed E-state index contributed by atoms with van der Waals surface area (Å²) in [5, 5.41) is 12.9. The van der Waals surface area contributed by atoms with Crippen LogP contribution in [-0.2, 0) is 13.0 Å². The van der Waals surface area contributed by atoms with E-state index in [1.165, 1.54) is 18.2 Å². The topological polar surface area (TPSA) is 45.4 Å². The van der Waals surface area contributed by atoms with Crippen LogP contribution < -0.4 is 5.32 Å². The van der Waals surface area contributed by atoms with Crippen LogP contribution in [0.5, 0.6) is 5.75 Å². The van der Waals surface area contributed by atoms with Crippen LogP contribution in [0.2, 0.25) is 0 Å². The highest BCUT2D eigenvalue weighted by molar-refractivity contribution is 5.32. The van der Waals surface area contributed by atoms with Crippen LogP contribution in [0.3, 0.4) is 0 Å². The number of furan rings is 1. The Balaban J connectivity index is 1.79. The number of rotatable bonds is 6. The molecule has 2 aromatic rings. The summed E-state index contributed by atoms with van der Waals surface area (Å²) in [5.41, 5.74) is 0.574. The van der Waals surface area contributed by atoms with Gasteiger partial charge in [0.2, 0.25) is 0 Å². The van der Waals surface area contributed by atoms with E-state index < -0.39 is 0 Å². The van der Waals surface area contributed by atoms with Crippen molar-refractivity contribution < 1.29 is 13.9 Å². The summed E-state index contributed by atoms with van der Waals surface area (Å²) in [5.74, 6) is 0.743. The van der Waals surface area contributed by atoms with Gasteiger partial charge in [0.15, 0.2) is 0 Å². The molecule has 3 nitrogen and oxygen atoms in total. The first kappa shape index (κ1) is 13.6. The Labute approximate surface area is 112 Å². The molecule has 0 aliphatic rings. The number of phenolic OH excluding ortho intramolecular Hbond substituents is 1. The second-order valence-corrected chi connectivity index (χ2v) is 4.67. The smallest absolute Gasteiger partial charge is 0.123 e. The molecule has 1 atom stereocenters. The van der Waals surface area contributed by atoms with Crippen molar-refractivity contribution in [3.8, 4) is 5.75 Å². The van der Waals surface area contributed by atoms with Crippen LogP contribution in [0.1, 0.15) is 24.7 Å². The number of aryl methyl sites for hydroxylation is 1. The average Bonchev–Trinajstić information content (AvgIpc) is 2.90. The number of aromatic hydroxyl groups is 1. The molecule has 0 aliphatic carbocycles. The number of hydrogen-bond acceptors (Lipinski definition) is 3. The zero-order chi connectivity index (χ0) is 13.7. The fraction of sp³-hybridized carbons (Fsp3) is 0.333. The summed E-state index contributed by atoms with van der Waals surface area (Å²) >= 11 is 0. The van der Waals surface area contributed by atoms with Crippen molar-refractivity contribution in [3.05, 3.63) is 53.7 Å². The molecule has 1 aromatic heterocycles. The van der Waals surface area contributed by atoms with E-state index in [9.17, 15) is 9.50 Å². The fourth-order valence-electron chi connectivity index (χ4n) is 1.90. The molecule has 0 spiro atoms. The summed E-state index contributed by atoms with van der Waals surface area (Å²) < 4.78 is 18.3. The van der Waals surface area contributed by atoms with Crippen LogP contribution in [0.25, 0.3) is 0 Å². The summed E-state index contributed by atoms with van der Waals surface area (Å²) in [6.07, 6.45) is 3.44. The third kappa shape index (κ3) is 4.10. The van der Waals surface area contributed by atoms with E-state index in [4.69, 9.17) is 4.42 Å². The number of benzene rings is 1. The first-order chi connectivity index (χ1) is 9.15. The highest BCUT2D eigenvalue weighted by atomic mass is 19.1. The van der Waals surface area contributed by atoms with Gasteiger partial charge in [0.25, 0.3) is 0 Å². The zero-order valence-corrected chi connectivity index (χ0v) is 10.9. The first-order valence-corrected chi connectivity index (χ1v) is 6.38. The van der Waals surface area contributed by atoms with E-state index in [-0.39, 0.29) is 17.6 Å². The van der Waals surface area contributed by atoms with Crippen LogP contribution >= 0.6 is 0 Å². The van der Waals surface area contributed by atoms with Crippen LogP contribution in [-0.4, -0.2) is 11.1 Å². The minimum absolute atomic E-state index is 0.118. The lowest BCUT2D eigenvalue weighted by atomic mass is 10.1. The van der Waals surface area contributed by atoms with Crippen molar-refractivity contribution in [3.63, 3.8) is 0 Å². The SMILES string of the molecule is CC(CCc1ccco1)NCc1cc(F)ccc1O. The van der Waals surface area contributed by atoms with Gasteiger partial charge >= 0.3 is 0 Å². The summed E-state index contributed by atoms with van der Waals surface area (Å²) in [6.45, 7) is 2.50. The summed E-state index contributed by atoms with van der Waals surface area (Å²) in [4.78, 5) is 0. The molecule has 4 heteroatoms. The largest absolute Gasteiger partial charge is 0.508 e. The lowest BCUT2D eigenvalue weighted by Crippen LogP contribution is -2.26. The van der Waals surface area contributed by atoms with Crippen molar-refractivity contribution in [2.45, 2.75) is 32.4 Å². The van der Waals surface area contributed by atoms with Crippen LogP contribution in [0, 0.1) is 5.82 Å². The van der Waals surface area contributed by atoms with Gasteiger partial charge in [-0.25, -0.2) is 4.39 Å². The van der Waals surface area contributed by atoms with Crippen molar-refractivity contribution in [1.29, 1.82) is 0 Å². The molecule has 0 aliphatic heterocycles. The molecule has 1 aromatic carbocycles. The fourth-order valence-corrected chi connectivity index (χ4v) is 1.90. The van der Waals surface area contributed by atoms with E-state index in [0.29, 0.717) is 12.1 Å². The number of hydrogen-bond donors (Lipinski definition) is 2. The van der Waals surface area contributed by atoms with Crippen LogP contribution in [0.15, 0.2) is 41.0 Å². The Morgan fingerprint density at radius 3 is 2.95 bits per heavy atom. The molecule has 0 saturated carbocycles. The summed E-state index contributed by atoms with van der Waals surface area (Å²) in [7, 11) is 0. The Morgan fingerprint density at radius 2 is 2.21 bits per heavy atom. The Bertz CT molecular complexity index is 511. The van der Waals surface area contributed by atoms with Crippen LogP contribution in [0.4, 0.5) is 4.39 Å². The van der Waals surface area contributed by atoms with E-state index in [1.54, 1.807) is 6.26 Å². The second kappa shape index (κ2) is 6.38. The van der Waals surface area contributed by atoms with Gasteiger partial charge in [0.1, 0.15) is 17.3 Å². The number of phenols is 1. The van der Waals surface area contributed by atoms with Crippen molar-refractivity contribution in [2.75, 3.05) is 0 Å².